The zero-order valence-electron chi connectivity index (χ0n) is 10.5. The monoisotopic (exact) mass is 266 g/mol. The van der Waals surface area contributed by atoms with Gasteiger partial charge in [0, 0.05) is 25.1 Å². The molecule has 0 radical (unpaired) electrons. The first-order chi connectivity index (χ1) is 9.02. The van der Waals surface area contributed by atoms with E-state index in [2.05, 4.69) is 5.32 Å². The lowest BCUT2D eigenvalue weighted by Crippen LogP contribution is -2.41. The fourth-order valence-corrected chi connectivity index (χ4v) is 1.60. The number of carbonyl (C=O) groups excluding carboxylic acids is 1. The number of aryl methyl sites for hydroxylation is 1. The van der Waals surface area contributed by atoms with E-state index in [1.165, 1.54) is 0 Å². The zero-order chi connectivity index (χ0) is 14.3. The molecular formula is C13H18N2O4. The summed E-state index contributed by atoms with van der Waals surface area (Å²) in [5.74, 6) is -1.49. The highest BCUT2D eigenvalue weighted by Gasteiger charge is 2.18. The number of aliphatic carboxylic acids is 1. The van der Waals surface area contributed by atoms with Gasteiger partial charge in [-0.2, -0.15) is 0 Å². The Morgan fingerprint density at radius 1 is 1.26 bits per heavy atom. The second-order valence-electron chi connectivity index (χ2n) is 4.21. The number of carboxylic acids is 1. The molecule has 0 aliphatic heterocycles. The third-order valence-corrected chi connectivity index (χ3v) is 2.67. The van der Waals surface area contributed by atoms with Crippen LogP contribution in [0.15, 0.2) is 24.3 Å². The van der Waals surface area contributed by atoms with Crippen LogP contribution >= 0.6 is 0 Å². The van der Waals surface area contributed by atoms with Crippen LogP contribution < -0.4 is 11.1 Å². The smallest absolute Gasteiger partial charge is 0.326 e. The number of amides is 1. The minimum Gasteiger partial charge on any atom is -0.480 e. The Morgan fingerprint density at radius 3 is 2.42 bits per heavy atom. The maximum absolute atomic E-state index is 11.6. The fourth-order valence-electron chi connectivity index (χ4n) is 1.60. The quantitative estimate of drug-likeness (QED) is 0.525. The molecule has 1 aromatic carbocycles. The van der Waals surface area contributed by atoms with Crippen LogP contribution in [0.2, 0.25) is 0 Å². The fraction of sp³-hybridized carbons (Fsp3) is 0.385. The van der Waals surface area contributed by atoms with Crippen molar-refractivity contribution in [1.29, 1.82) is 0 Å². The highest BCUT2D eigenvalue weighted by Crippen LogP contribution is 2.07. The lowest BCUT2D eigenvalue weighted by molar-refractivity contribution is -0.142. The van der Waals surface area contributed by atoms with Crippen molar-refractivity contribution >= 4 is 17.6 Å². The van der Waals surface area contributed by atoms with Gasteiger partial charge in [-0.15, -0.1) is 0 Å². The van der Waals surface area contributed by atoms with Gasteiger partial charge in [0.1, 0.15) is 6.04 Å². The molecule has 6 nitrogen and oxygen atoms in total. The summed E-state index contributed by atoms with van der Waals surface area (Å²) >= 11 is 0. The predicted octanol–water partition coefficient (Wildman–Crippen LogP) is 0.153. The van der Waals surface area contributed by atoms with E-state index in [9.17, 15) is 9.59 Å². The number of hydrogen-bond acceptors (Lipinski definition) is 4. The van der Waals surface area contributed by atoms with Gasteiger partial charge in [-0.1, -0.05) is 12.1 Å². The van der Waals surface area contributed by atoms with Gasteiger partial charge in [0.2, 0.25) is 5.91 Å². The highest BCUT2D eigenvalue weighted by atomic mass is 16.4. The standard InChI is InChI=1S/C13H18N2O4/c14-10-4-1-9(2-5-10)3-6-12(17)15-11(7-8-16)13(18)19/h1-2,4-5,11,16H,3,6-8,14H2,(H,15,17)(H,18,19)/t11-/m1/s1. The summed E-state index contributed by atoms with van der Waals surface area (Å²) in [6.07, 6.45) is 0.708. The minimum atomic E-state index is -1.14. The maximum atomic E-state index is 11.6. The first-order valence-electron chi connectivity index (χ1n) is 6.00. The molecule has 1 atom stereocenters. The van der Waals surface area contributed by atoms with Gasteiger partial charge < -0.3 is 21.3 Å². The number of carbonyl (C=O) groups is 2. The lowest BCUT2D eigenvalue weighted by Gasteiger charge is -2.13. The SMILES string of the molecule is Nc1ccc(CCC(=O)N[C@H](CCO)C(=O)O)cc1. The van der Waals surface area contributed by atoms with Gasteiger partial charge in [0.15, 0.2) is 0 Å². The predicted molar refractivity (Wildman–Crippen MR) is 70.4 cm³/mol. The number of nitrogens with two attached hydrogens (primary N) is 1. The second-order valence-corrected chi connectivity index (χ2v) is 4.21. The van der Waals surface area contributed by atoms with Gasteiger partial charge in [-0.05, 0) is 24.1 Å². The van der Waals surface area contributed by atoms with Gasteiger partial charge >= 0.3 is 5.97 Å². The number of rotatable bonds is 7. The number of nitrogens with one attached hydrogen (secondary N) is 1. The molecule has 0 unspecified atom stereocenters. The van der Waals surface area contributed by atoms with E-state index in [0.29, 0.717) is 12.1 Å². The number of nitrogen functional groups attached to an aromatic ring is 1. The van der Waals surface area contributed by atoms with E-state index < -0.39 is 12.0 Å². The number of anilines is 1. The van der Waals surface area contributed by atoms with E-state index in [4.69, 9.17) is 15.9 Å². The van der Waals surface area contributed by atoms with Crippen LogP contribution in [0.3, 0.4) is 0 Å². The Morgan fingerprint density at radius 2 is 1.89 bits per heavy atom. The molecule has 0 spiro atoms. The average molecular weight is 266 g/mol. The van der Waals surface area contributed by atoms with E-state index in [0.717, 1.165) is 5.56 Å². The summed E-state index contributed by atoms with van der Waals surface area (Å²) in [7, 11) is 0. The van der Waals surface area contributed by atoms with Gasteiger partial charge in [0.25, 0.3) is 0 Å². The summed E-state index contributed by atoms with van der Waals surface area (Å²) in [5.41, 5.74) is 7.16. The van der Waals surface area contributed by atoms with Crippen molar-refractivity contribution in [2.75, 3.05) is 12.3 Å². The molecule has 0 aliphatic carbocycles. The van der Waals surface area contributed by atoms with Gasteiger partial charge in [-0.3, -0.25) is 4.79 Å². The number of carboxylic acid groups (broad SMARTS) is 1. The van der Waals surface area contributed by atoms with Crippen LogP contribution in [0, 0.1) is 0 Å². The molecule has 0 aliphatic rings. The van der Waals surface area contributed by atoms with E-state index in [1.807, 2.05) is 12.1 Å². The molecule has 5 N–H and O–H groups in total. The first kappa shape index (κ1) is 15.0. The first-order valence-corrected chi connectivity index (χ1v) is 6.00. The molecule has 0 aromatic heterocycles. The van der Waals surface area contributed by atoms with Crippen LogP contribution in [0.4, 0.5) is 5.69 Å². The highest BCUT2D eigenvalue weighted by molar-refractivity contribution is 5.83. The Balaban J connectivity index is 2.42. The molecule has 1 amide bonds. The zero-order valence-corrected chi connectivity index (χ0v) is 10.5. The molecule has 1 aromatic rings. The second kappa shape index (κ2) is 7.38. The van der Waals surface area contributed by atoms with Crippen molar-refractivity contribution in [3.63, 3.8) is 0 Å². The number of benzene rings is 1. The van der Waals surface area contributed by atoms with Crippen molar-refractivity contribution in [3.8, 4) is 0 Å². The largest absolute Gasteiger partial charge is 0.480 e. The normalized spacial score (nSPS) is 11.8. The molecule has 0 saturated carbocycles. The Hall–Kier alpha value is -2.08. The molecule has 1 rings (SSSR count). The summed E-state index contributed by atoms with van der Waals surface area (Å²) < 4.78 is 0. The summed E-state index contributed by atoms with van der Waals surface area (Å²) in [4.78, 5) is 22.4. The Labute approximate surface area is 111 Å². The van der Waals surface area contributed by atoms with Gasteiger partial charge in [0.05, 0.1) is 0 Å². The number of aliphatic hydroxyl groups is 1. The summed E-state index contributed by atoms with van der Waals surface area (Å²) in [6.45, 7) is -0.283. The topological polar surface area (TPSA) is 113 Å². The molecule has 19 heavy (non-hydrogen) atoms. The molecule has 0 heterocycles. The van der Waals surface area contributed by atoms with E-state index in [-0.39, 0.29) is 25.4 Å². The van der Waals surface area contributed by atoms with Crippen molar-refractivity contribution in [2.24, 2.45) is 0 Å². The third-order valence-electron chi connectivity index (χ3n) is 2.67. The molecule has 6 heteroatoms. The third kappa shape index (κ3) is 5.39. The lowest BCUT2D eigenvalue weighted by atomic mass is 10.1. The summed E-state index contributed by atoms with van der Waals surface area (Å²) in [5, 5.41) is 19.9. The summed E-state index contributed by atoms with van der Waals surface area (Å²) in [6, 6.07) is 6.11. The number of aliphatic hydroxyl groups excluding tert-OH is 1. The van der Waals surface area contributed by atoms with E-state index >= 15 is 0 Å². The van der Waals surface area contributed by atoms with Crippen molar-refractivity contribution < 1.29 is 19.8 Å². The molecule has 0 saturated heterocycles. The maximum Gasteiger partial charge on any atom is 0.326 e. The van der Waals surface area contributed by atoms with Crippen molar-refractivity contribution in [1.82, 2.24) is 5.32 Å². The van der Waals surface area contributed by atoms with Gasteiger partial charge in [-0.25, -0.2) is 4.79 Å². The molecular weight excluding hydrogens is 248 g/mol. The van der Waals surface area contributed by atoms with Crippen LogP contribution in [0.5, 0.6) is 0 Å². The Bertz CT molecular complexity index is 431. The molecule has 0 fully saturated rings. The van der Waals surface area contributed by atoms with Crippen LogP contribution in [-0.4, -0.2) is 34.7 Å². The van der Waals surface area contributed by atoms with Crippen molar-refractivity contribution in [3.05, 3.63) is 29.8 Å². The van der Waals surface area contributed by atoms with Crippen LogP contribution in [-0.2, 0) is 16.0 Å². The molecule has 0 bridgehead atoms. The van der Waals surface area contributed by atoms with Crippen molar-refractivity contribution in [2.45, 2.75) is 25.3 Å². The van der Waals surface area contributed by atoms with Crippen LogP contribution in [0.25, 0.3) is 0 Å². The van der Waals surface area contributed by atoms with E-state index in [1.54, 1.807) is 12.1 Å². The van der Waals surface area contributed by atoms with Crippen LogP contribution in [0.1, 0.15) is 18.4 Å². The average Bonchev–Trinajstić information content (AvgIpc) is 2.37. The minimum absolute atomic E-state index is 0.00292. The Kier molecular flexibility index (Phi) is 5.81. The molecule has 104 valence electrons. The number of hydrogen-bond donors (Lipinski definition) is 4.